The first kappa shape index (κ1) is 20.8. The molecule has 0 aliphatic rings. The lowest BCUT2D eigenvalue weighted by atomic mass is 10.2. The molecule has 0 atom stereocenters. The summed E-state index contributed by atoms with van der Waals surface area (Å²) in [5, 5.41) is 0.614. The second kappa shape index (κ2) is 8.19. The number of aryl methyl sites for hydroxylation is 3. The van der Waals surface area contributed by atoms with Gasteiger partial charge in [-0.1, -0.05) is 46.7 Å². The second-order valence-electron chi connectivity index (χ2n) is 6.56. The third kappa shape index (κ3) is 4.21. The molecule has 0 aliphatic heterocycles. The van der Waals surface area contributed by atoms with Crippen LogP contribution in [0.2, 0.25) is 5.02 Å². The van der Waals surface area contributed by atoms with E-state index in [0.29, 0.717) is 16.4 Å². The third-order valence-electron chi connectivity index (χ3n) is 4.48. The van der Waals surface area contributed by atoms with Gasteiger partial charge < -0.3 is 4.57 Å². The molecule has 3 aromatic rings. The SMILES string of the molecule is CCn1c(=NC(=O)CCS(=O)(=O)c2ccc(C)cc2)sc2c(Cl)ccc(C)c21. The summed E-state index contributed by atoms with van der Waals surface area (Å²) < 4.78 is 27.7. The Kier molecular flexibility index (Phi) is 6.07. The fraction of sp³-hybridized carbons (Fsp3) is 0.300. The van der Waals surface area contributed by atoms with Crippen LogP contribution < -0.4 is 4.80 Å². The Hall–Kier alpha value is -1.96. The van der Waals surface area contributed by atoms with Gasteiger partial charge in [0.2, 0.25) is 5.91 Å². The van der Waals surface area contributed by atoms with Gasteiger partial charge in [0.25, 0.3) is 0 Å². The van der Waals surface area contributed by atoms with Gasteiger partial charge in [0.05, 0.1) is 25.9 Å². The first-order valence-corrected chi connectivity index (χ1v) is 11.7. The highest BCUT2D eigenvalue weighted by atomic mass is 35.5. The maximum absolute atomic E-state index is 12.4. The molecule has 5 nitrogen and oxygen atoms in total. The quantitative estimate of drug-likeness (QED) is 0.599. The molecular weight excluding hydrogens is 416 g/mol. The molecule has 2 aromatic carbocycles. The van der Waals surface area contributed by atoms with Crippen molar-refractivity contribution in [1.82, 2.24) is 4.57 Å². The normalized spacial score (nSPS) is 12.6. The maximum Gasteiger partial charge on any atom is 0.249 e. The number of benzene rings is 2. The first-order valence-electron chi connectivity index (χ1n) is 8.88. The summed E-state index contributed by atoms with van der Waals surface area (Å²) in [5.74, 6) is -0.729. The van der Waals surface area contributed by atoms with Crippen LogP contribution in [0.5, 0.6) is 0 Å². The first-order chi connectivity index (χ1) is 13.2. The number of sulfone groups is 1. The molecule has 8 heteroatoms. The van der Waals surface area contributed by atoms with Gasteiger partial charge in [-0.05, 0) is 44.5 Å². The van der Waals surface area contributed by atoms with E-state index in [-0.39, 0.29) is 17.1 Å². The number of thiazole rings is 1. The second-order valence-corrected chi connectivity index (χ2v) is 10.1. The molecule has 1 aromatic heterocycles. The minimum atomic E-state index is -3.52. The summed E-state index contributed by atoms with van der Waals surface area (Å²) in [6, 6.07) is 10.4. The molecule has 1 heterocycles. The van der Waals surface area contributed by atoms with Gasteiger partial charge >= 0.3 is 0 Å². The van der Waals surface area contributed by atoms with Gasteiger partial charge in [0.1, 0.15) is 0 Å². The molecule has 0 bridgehead atoms. The van der Waals surface area contributed by atoms with E-state index in [0.717, 1.165) is 21.3 Å². The van der Waals surface area contributed by atoms with E-state index >= 15 is 0 Å². The maximum atomic E-state index is 12.4. The van der Waals surface area contributed by atoms with Crippen molar-refractivity contribution in [3.63, 3.8) is 0 Å². The van der Waals surface area contributed by atoms with Crippen LogP contribution in [0, 0.1) is 13.8 Å². The molecular formula is C20H21ClN2O3S2. The Morgan fingerprint density at radius 2 is 1.82 bits per heavy atom. The van der Waals surface area contributed by atoms with Crippen LogP contribution in [-0.4, -0.2) is 24.6 Å². The molecule has 28 heavy (non-hydrogen) atoms. The number of hydrogen-bond donors (Lipinski definition) is 0. The third-order valence-corrected chi connectivity index (χ3v) is 7.75. The lowest BCUT2D eigenvalue weighted by molar-refractivity contribution is -0.117. The number of amides is 1. The molecule has 1 amide bonds. The summed E-state index contributed by atoms with van der Waals surface area (Å²) in [5.41, 5.74) is 2.99. The Morgan fingerprint density at radius 3 is 2.46 bits per heavy atom. The van der Waals surface area contributed by atoms with E-state index in [4.69, 9.17) is 11.6 Å². The van der Waals surface area contributed by atoms with Crippen molar-refractivity contribution < 1.29 is 13.2 Å². The van der Waals surface area contributed by atoms with Gasteiger partial charge in [-0.3, -0.25) is 4.79 Å². The average Bonchev–Trinajstić information content (AvgIpc) is 3.03. The lowest BCUT2D eigenvalue weighted by Crippen LogP contribution is -2.17. The van der Waals surface area contributed by atoms with E-state index in [1.807, 2.05) is 37.5 Å². The van der Waals surface area contributed by atoms with Crippen molar-refractivity contribution in [3.8, 4) is 0 Å². The number of fused-ring (bicyclic) bond motifs is 1. The van der Waals surface area contributed by atoms with Crippen molar-refractivity contribution in [2.24, 2.45) is 4.99 Å². The van der Waals surface area contributed by atoms with E-state index in [9.17, 15) is 13.2 Å². The summed E-state index contributed by atoms with van der Waals surface area (Å²) in [4.78, 5) is 17.3. The van der Waals surface area contributed by atoms with Gasteiger partial charge in [0.15, 0.2) is 14.6 Å². The number of nitrogens with zero attached hydrogens (tertiary/aromatic N) is 2. The minimum Gasteiger partial charge on any atom is -0.316 e. The molecule has 0 spiro atoms. The van der Waals surface area contributed by atoms with E-state index in [2.05, 4.69) is 4.99 Å². The van der Waals surface area contributed by atoms with Crippen LogP contribution in [-0.2, 0) is 21.2 Å². The fourth-order valence-corrected chi connectivity index (χ4v) is 5.64. The number of carbonyl (C=O) groups excluding carboxylic acids is 1. The zero-order chi connectivity index (χ0) is 20.5. The molecule has 0 fully saturated rings. The Balaban J connectivity index is 1.88. The highest BCUT2D eigenvalue weighted by Gasteiger charge is 2.17. The molecule has 0 N–H and O–H groups in total. The van der Waals surface area contributed by atoms with Crippen molar-refractivity contribution in [1.29, 1.82) is 0 Å². The smallest absolute Gasteiger partial charge is 0.249 e. The predicted octanol–water partition coefficient (Wildman–Crippen LogP) is 4.28. The van der Waals surface area contributed by atoms with E-state index in [1.54, 1.807) is 24.3 Å². The number of rotatable bonds is 5. The predicted molar refractivity (Wildman–Crippen MR) is 114 cm³/mol. The molecule has 0 aliphatic carbocycles. The minimum absolute atomic E-state index is 0.166. The van der Waals surface area contributed by atoms with Gasteiger partial charge in [-0.15, -0.1) is 0 Å². The largest absolute Gasteiger partial charge is 0.316 e. The molecule has 148 valence electrons. The number of hydrogen-bond acceptors (Lipinski definition) is 4. The van der Waals surface area contributed by atoms with E-state index in [1.165, 1.54) is 11.3 Å². The van der Waals surface area contributed by atoms with Gasteiger partial charge in [0, 0.05) is 13.0 Å². The topological polar surface area (TPSA) is 68.5 Å². The van der Waals surface area contributed by atoms with Crippen LogP contribution in [0.3, 0.4) is 0 Å². The van der Waals surface area contributed by atoms with Crippen molar-refractivity contribution >= 4 is 48.9 Å². The number of carbonyl (C=O) groups is 1. The fourth-order valence-electron chi connectivity index (χ4n) is 2.94. The highest BCUT2D eigenvalue weighted by molar-refractivity contribution is 7.91. The highest BCUT2D eigenvalue weighted by Crippen LogP contribution is 2.28. The molecule has 3 rings (SSSR count). The summed E-state index contributed by atoms with van der Waals surface area (Å²) in [6.45, 7) is 6.48. The van der Waals surface area contributed by atoms with Crippen LogP contribution >= 0.6 is 22.9 Å². The standard InChI is InChI=1S/C20H21ClN2O3S2/c1-4-23-18-14(3)7-10-16(21)19(18)27-20(23)22-17(24)11-12-28(25,26)15-8-5-13(2)6-9-15/h5-10H,4,11-12H2,1-3H3. The molecule has 0 saturated heterocycles. The monoisotopic (exact) mass is 436 g/mol. The van der Waals surface area contributed by atoms with Crippen molar-refractivity contribution in [2.45, 2.75) is 38.6 Å². The van der Waals surface area contributed by atoms with Crippen molar-refractivity contribution in [2.75, 3.05) is 5.75 Å². The number of aromatic nitrogens is 1. The van der Waals surface area contributed by atoms with Crippen LogP contribution in [0.15, 0.2) is 46.3 Å². The van der Waals surface area contributed by atoms with Crippen molar-refractivity contribution in [3.05, 3.63) is 57.3 Å². The van der Waals surface area contributed by atoms with Crippen LogP contribution in [0.1, 0.15) is 24.5 Å². The lowest BCUT2D eigenvalue weighted by Gasteiger charge is -2.04. The zero-order valence-electron chi connectivity index (χ0n) is 15.9. The Labute approximate surface area is 173 Å². The van der Waals surface area contributed by atoms with Crippen LogP contribution in [0.4, 0.5) is 0 Å². The Morgan fingerprint density at radius 1 is 1.14 bits per heavy atom. The molecule has 0 radical (unpaired) electrons. The van der Waals surface area contributed by atoms with Gasteiger partial charge in [-0.2, -0.15) is 4.99 Å². The summed E-state index contributed by atoms with van der Waals surface area (Å²) in [7, 11) is -3.52. The number of halogens is 1. The zero-order valence-corrected chi connectivity index (χ0v) is 18.3. The summed E-state index contributed by atoms with van der Waals surface area (Å²) in [6.07, 6.45) is -0.166. The summed E-state index contributed by atoms with van der Waals surface area (Å²) >= 11 is 7.64. The molecule has 0 unspecified atom stereocenters. The Bertz CT molecular complexity index is 1210. The van der Waals surface area contributed by atoms with E-state index < -0.39 is 15.7 Å². The molecule has 0 saturated carbocycles. The average molecular weight is 437 g/mol. The van der Waals surface area contributed by atoms with Gasteiger partial charge in [-0.25, -0.2) is 8.42 Å². The van der Waals surface area contributed by atoms with Crippen LogP contribution in [0.25, 0.3) is 10.2 Å².